The van der Waals surface area contributed by atoms with Gasteiger partial charge in [-0.3, -0.25) is 4.79 Å². The van der Waals surface area contributed by atoms with E-state index in [1.54, 1.807) is 30.3 Å². The largest absolute Gasteiger partial charge is 0.416 e. The van der Waals surface area contributed by atoms with Gasteiger partial charge in [0, 0.05) is 12.1 Å². The van der Waals surface area contributed by atoms with Crippen LogP contribution in [0.25, 0.3) is 0 Å². The Kier molecular flexibility index (Phi) is 5.63. The molecular formula is C17H16F3N3O2. The van der Waals surface area contributed by atoms with E-state index >= 15 is 0 Å². The highest BCUT2D eigenvalue weighted by atomic mass is 19.4. The Morgan fingerprint density at radius 2 is 1.72 bits per heavy atom. The SMILES string of the molecule is NC(=O)NC(Cc1ccccc1)C(=O)Nc1cccc(C(F)(F)F)c1. The van der Waals surface area contributed by atoms with Crippen LogP contribution in [0.4, 0.5) is 23.7 Å². The first kappa shape index (κ1) is 18.3. The molecule has 1 atom stereocenters. The molecule has 0 aliphatic rings. The smallest absolute Gasteiger partial charge is 0.352 e. The lowest BCUT2D eigenvalue weighted by Gasteiger charge is -2.18. The summed E-state index contributed by atoms with van der Waals surface area (Å²) in [6.45, 7) is 0. The first-order valence-electron chi connectivity index (χ1n) is 7.34. The summed E-state index contributed by atoms with van der Waals surface area (Å²) in [5.74, 6) is -0.665. The lowest BCUT2D eigenvalue weighted by atomic mass is 10.1. The Bertz CT molecular complexity index is 748. The zero-order valence-corrected chi connectivity index (χ0v) is 13.0. The van der Waals surface area contributed by atoms with Crippen LogP contribution in [0, 0.1) is 0 Å². The molecule has 0 saturated heterocycles. The number of anilines is 1. The van der Waals surface area contributed by atoms with E-state index < -0.39 is 29.7 Å². The molecule has 3 amide bonds. The number of nitrogens with two attached hydrogens (primary N) is 1. The number of halogens is 3. The van der Waals surface area contributed by atoms with E-state index in [0.29, 0.717) is 0 Å². The molecule has 0 aromatic heterocycles. The molecule has 2 rings (SSSR count). The molecule has 0 radical (unpaired) electrons. The van der Waals surface area contributed by atoms with Crippen LogP contribution in [0.1, 0.15) is 11.1 Å². The molecule has 132 valence electrons. The fourth-order valence-corrected chi connectivity index (χ4v) is 2.23. The molecular weight excluding hydrogens is 335 g/mol. The van der Waals surface area contributed by atoms with Gasteiger partial charge in [-0.1, -0.05) is 36.4 Å². The summed E-state index contributed by atoms with van der Waals surface area (Å²) in [6.07, 6.45) is -4.37. The number of urea groups is 1. The minimum absolute atomic E-state index is 0.0239. The van der Waals surface area contributed by atoms with Crippen molar-refractivity contribution in [2.45, 2.75) is 18.6 Å². The minimum Gasteiger partial charge on any atom is -0.352 e. The van der Waals surface area contributed by atoms with Gasteiger partial charge in [-0.25, -0.2) is 4.79 Å². The van der Waals surface area contributed by atoms with E-state index in [0.717, 1.165) is 17.7 Å². The number of carbonyl (C=O) groups excluding carboxylic acids is 2. The molecule has 0 fully saturated rings. The van der Waals surface area contributed by atoms with E-state index in [1.165, 1.54) is 12.1 Å². The summed E-state index contributed by atoms with van der Waals surface area (Å²) in [6, 6.07) is 11.2. The zero-order valence-electron chi connectivity index (χ0n) is 13.0. The average Bonchev–Trinajstić information content (AvgIpc) is 2.54. The highest BCUT2D eigenvalue weighted by molar-refractivity contribution is 5.97. The quantitative estimate of drug-likeness (QED) is 0.774. The van der Waals surface area contributed by atoms with Crippen LogP contribution in [-0.4, -0.2) is 18.0 Å². The number of hydrogen-bond acceptors (Lipinski definition) is 2. The molecule has 0 spiro atoms. The summed E-state index contributed by atoms with van der Waals surface area (Å²) in [5.41, 5.74) is 4.94. The Morgan fingerprint density at radius 1 is 1.04 bits per heavy atom. The molecule has 25 heavy (non-hydrogen) atoms. The van der Waals surface area contributed by atoms with Gasteiger partial charge >= 0.3 is 12.2 Å². The van der Waals surface area contributed by atoms with Crippen molar-refractivity contribution in [1.82, 2.24) is 5.32 Å². The topological polar surface area (TPSA) is 84.2 Å². The van der Waals surface area contributed by atoms with Crippen molar-refractivity contribution in [2.24, 2.45) is 5.73 Å². The summed E-state index contributed by atoms with van der Waals surface area (Å²) in [4.78, 5) is 23.5. The summed E-state index contributed by atoms with van der Waals surface area (Å²) in [5, 5.41) is 4.67. The number of carbonyl (C=O) groups is 2. The maximum Gasteiger partial charge on any atom is 0.416 e. The van der Waals surface area contributed by atoms with E-state index in [2.05, 4.69) is 10.6 Å². The maximum absolute atomic E-state index is 12.7. The second-order valence-electron chi connectivity index (χ2n) is 5.32. The average molecular weight is 351 g/mol. The summed E-state index contributed by atoms with van der Waals surface area (Å²) in [7, 11) is 0. The third-order valence-electron chi connectivity index (χ3n) is 3.37. The van der Waals surface area contributed by atoms with E-state index in [-0.39, 0.29) is 12.1 Å². The van der Waals surface area contributed by atoms with Crippen LogP contribution < -0.4 is 16.4 Å². The molecule has 4 N–H and O–H groups in total. The second-order valence-corrected chi connectivity index (χ2v) is 5.32. The normalized spacial score (nSPS) is 12.3. The molecule has 1 unspecified atom stereocenters. The van der Waals surface area contributed by atoms with Gasteiger partial charge in [0.05, 0.1) is 5.56 Å². The fourth-order valence-electron chi connectivity index (χ4n) is 2.23. The van der Waals surface area contributed by atoms with Crippen LogP contribution in [-0.2, 0) is 17.4 Å². The first-order chi connectivity index (χ1) is 11.8. The minimum atomic E-state index is -4.52. The van der Waals surface area contributed by atoms with Gasteiger partial charge in [0.25, 0.3) is 0 Å². The van der Waals surface area contributed by atoms with Crippen LogP contribution in [0.5, 0.6) is 0 Å². The number of nitrogens with one attached hydrogen (secondary N) is 2. The van der Waals surface area contributed by atoms with Crippen molar-refractivity contribution in [3.05, 3.63) is 65.7 Å². The molecule has 2 aromatic rings. The Labute approximate surface area is 142 Å². The van der Waals surface area contributed by atoms with E-state index in [1.807, 2.05) is 0 Å². The Balaban J connectivity index is 2.15. The van der Waals surface area contributed by atoms with Gasteiger partial charge in [0.15, 0.2) is 0 Å². The molecule has 5 nitrogen and oxygen atoms in total. The predicted octanol–water partition coefficient (Wildman–Crippen LogP) is 2.92. The highest BCUT2D eigenvalue weighted by Crippen LogP contribution is 2.30. The first-order valence-corrected chi connectivity index (χ1v) is 7.34. The summed E-state index contributed by atoms with van der Waals surface area (Å²) >= 11 is 0. The van der Waals surface area contributed by atoms with E-state index in [4.69, 9.17) is 5.73 Å². The standard InChI is InChI=1S/C17H16F3N3O2/c18-17(19,20)12-7-4-8-13(10-12)22-15(24)14(23-16(21)25)9-11-5-2-1-3-6-11/h1-8,10,14H,9H2,(H,22,24)(H3,21,23,25). The van der Waals surface area contributed by atoms with Crippen molar-refractivity contribution < 1.29 is 22.8 Å². The number of benzene rings is 2. The van der Waals surface area contributed by atoms with Gasteiger partial charge in [-0.2, -0.15) is 13.2 Å². The number of amides is 3. The van der Waals surface area contributed by atoms with Crippen LogP contribution in [0.15, 0.2) is 54.6 Å². The van der Waals surface area contributed by atoms with Gasteiger partial charge in [-0.15, -0.1) is 0 Å². The third kappa shape index (κ3) is 5.52. The maximum atomic E-state index is 12.7. The van der Waals surface area contributed by atoms with Gasteiger partial charge in [0.1, 0.15) is 6.04 Å². The molecule has 0 bridgehead atoms. The van der Waals surface area contributed by atoms with Crippen molar-refractivity contribution in [3.8, 4) is 0 Å². The second kappa shape index (κ2) is 7.69. The molecule has 2 aromatic carbocycles. The monoisotopic (exact) mass is 351 g/mol. The van der Waals surface area contributed by atoms with Crippen molar-refractivity contribution in [1.29, 1.82) is 0 Å². The van der Waals surface area contributed by atoms with Gasteiger partial charge in [-0.05, 0) is 23.8 Å². The fraction of sp³-hybridized carbons (Fsp3) is 0.176. The number of alkyl halides is 3. The lowest BCUT2D eigenvalue weighted by molar-refractivity contribution is -0.137. The molecule has 0 aliphatic heterocycles. The lowest BCUT2D eigenvalue weighted by Crippen LogP contribution is -2.47. The molecule has 0 aliphatic carbocycles. The van der Waals surface area contributed by atoms with Gasteiger partial charge < -0.3 is 16.4 Å². The zero-order chi connectivity index (χ0) is 18.4. The van der Waals surface area contributed by atoms with Crippen molar-refractivity contribution in [3.63, 3.8) is 0 Å². The third-order valence-corrected chi connectivity index (χ3v) is 3.37. The van der Waals surface area contributed by atoms with E-state index in [9.17, 15) is 22.8 Å². The van der Waals surface area contributed by atoms with Crippen LogP contribution >= 0.6 is 0 Å². The van der Waals surface area contributed by atoms with Crippen LogP contribution in [0.3, 0.4) is 0 Å². The number of hydrogen-bond donors (Lipinski definition) is 3. The van der Waals surface area contributed by atoms with Crippen LogP contribution in [0.2, 0.25) is 0 Å². The Morgan fingerprint density at radius 3 is 2.32 bits per heavy atom. The molecule has 0 saturated carbocycles. The number of rotatable bonds is 5. The van der Waals surface area contributed by atoms with Crippen molar-refractivity contribution >= 4 is 17.6 Å². The highest BCUT2D eigenvalue weighted by Gasteiger charge is 2.30. The Hall–Kier alpha value is -3.03. The molecule has 8 heteroatoms. The van der Waals surface area contributed by atoms with Crippen molar-refractivity contribution in [2.75, 3.05) is 5.32 Å². The summed E-state index contributed by atoms with van der Waals surface area (Å²) < 4.78 is 38.2. The van der Waals surface area contributed by atoms with Gasteiger partial charge in [0.2, 0.25) is 5.91 Å². The molecule has 0 heterocycles. The predicted molar refractivity (Wildman–Crippen MR) is 86.7 cm³/mol. The number of primary amides is 1.